The van der Waals surface area contributed by atoms with Crippen molar-refractivity contribution in [3.8, 4) is 5.69 Å². The largest absolute Gasteiger partial charge is 0.451 e. The smallest absolute Gasteiger partial charge is 0.287 e. The zero-order valence-corrected chi connectivity index (χ0v) is 16.4. The Balaban J connectivity index is 1.39. The second-order valence-corrected chi connectivity index (χ2v) is 7.24. The highest BCUT2D eigenvalue weighted by Crippen LogP contribution is 2.28. The van der Waals surface area contributed by atoms with Crippen LogP contribution < -0.4 is 5.32 Å². The number of furan rings is 1. The van der Waals surface area contributed by atoms with E-state index < -0.39 is 0 Å². The number of carbonyl (C=O) groups excluding carboxylic acids is 1. The first-order valence-electron chi connectivity index (χ1n) is 8.67. The Hall–Kier alpha value is -2.86. The van der Waals surface area contributed by atoms with Crippen molar-refractivity contribution in [2.24, 2.45) is 0 Å². The molecule has 0 fully saturated rings. The number of amides is 1. The highest BCUT2D eigenvalue weighted by molar-refractivity contribution is 9.10. The molecule has 0 radical (unpaired) electrons. The summed E-state index contributed by atoms with van der Waals surface area (Å²) >= 11 is 3.45. The minimum atomic E-state index is -0.187. The van der Waals surface area contributed by atoms with Crippen LogP contribution >= 0.6 is 15.9 Å². The van der Waals surface area contributed by atoms with Gasteiger partial charge in [-0.3, -0.25) is 4.79 Å². The van der Waals surface area contributed by atoms with Crippen LogP contribution in [0.3, 0.4) is 0 Å². The molecule has 0 bridgehead atoms. The van der Waals surface area contributed by atoms with Crippen LogP contribution in [0.1, 0.15) is 21.7 Å². The Morgan fingerprint density at radius 1 is 1.22 bits per heavy atom. The molecule has 1 N–H and O–H groups in total. The van der Waals surface area contributed by atoms with E-state index in [0.29, 0.717) is 12.3 Å². The van der Waals surface area contributed by atoms with E-state index in [2.05, 4.69) is 26.3 Å². The van der Waals surface area contributed by atoms with E-state index in [-0.39, 0.29) is 5.91 Å². The Labute approximate surface area is 165 Å². The van der Waals surface area contributed by atoms with E-state index in [1.165, 1.54) is 0 Å². The van der Waals surface area contributed by atoms with Gasteiger partial charge in [-0.05, 0) is 55.3 Å². The molecular formula is C21H18BrN3O2. The Morgan fingerprint density at radius 3 is 2.78 bits per heavy atom. The van der Waals surface area contributed by atoms with Crippen molar-refractivity contribution >= 4 is 32.8 Å². The number of carbonyl (C=O) groups is 1. The lowest BCUT2D eigenvalue weighted by Gasteiger charge is -2.06. The van der Waals surface area contributed by atoms with Crippen LogP contribution in [0.15, 0.2) is 69.8 Å². The first-order valence-corrected chi connectivity index (χ1v) is 9.47. The molecule has 0 aliphatic rings. The third kappa shape index (κ3) is 3.66. The molecule has 27 heavy (non-hydrogen) atoms. The fourth-order valence-electron chi connectivity index (χ4n) is 3.05. The predicted molar refractivity (Wildman–Crippen MR) is 108 cm³/mol. The molecule has 2 aromatic heterocycles. The maximum Gasteiger partial charge on any atom is 0.287 e. The summed E-state index contributed by atoms with van der Waals surface area (Å²) in [6, 6.07) is 15.8. The molecule has 2 heterocycles. The van der Waals surface area contributed by atoms with Crippen molar-refractivity contribution in [2.75, 3.05) is 6.54 Å². The van der Waals surface area contributed by atoms with Crippen LogP contribution in [0.5, 0.6) is 0 Å². The second-order valence-electron chi connectivity index (χ2n) is 6.32. The third-order valence-electron chi connectivity index (χ3n) is 4.51. The summed E-state index contributed by atoms with van der Waals surface area (Å²) in [6.45, 7) is 2.45. The van der Waals surface area contributed by atoms with Crippen molar-refractivity contribution in [3.63, 3.8) is 0 Å². The van der Waals surface area contributed by atoms with E-state index in [1.54, 1.807) is 6.20 Å². The molecule has 6 heteroatoms. The standard InChI is InChI=1S/C21H18BrN3O2/c1-14-18-13-16(22)5-8-19(18)27-20(14)21(26)23-11-9-15-3-6-17(7-4-15)25-12-2-10-24-25/h2-8,10,12-13H,9,11H2,1H3,(H,23,26). The zero-order chi connectivity index (χ0) is 18.8. The van der Waals surface area contributed by atoms with Gasteiger partial charge in [-0.15, -0.1) is 0 Å². The average molecular weight is 424 g/mol. The van der Waals surface area contributed by atoms with Crippen LogP contribution in [-0.2, 0) is 6.42 Å². The van der Waals surface area contributed by atoms with Gasteiger partial charge in [0.15, 0.2) is 5.76 Å². The SMILES string of the molecule is Cc1c(C(=O)NCCc2ccc(-n3cccn3)cc2)oc2ccc(Br)cc12. The number of aryl methyl sites for hydroxylation is 1. The fourth-order valence-corrected chi connectivity index (χ4v) is 3.41. The Kier molecular flexibility index (Phi) is 4.81. The molecule has 1 amide bonds. The van der Waals surface area contributed by atoms with E-state index in [1.807, 2.05) is 66.3 Å². The van der Waals surface area contributed by atoms with Gasteiger partial charge in [0.05, 0.1) is 5.69 Å². The highest BCUT2D eigenvalue weighted by atomic mass is 79.9. The van der Waals surface area contributed by atoms with E-state index in [9.17, 15) is 4.79 Å². The van der Waals surface area contributed by atoms with Gasteiger partial charge in [0.1, 0.15) is 5.58 Å². The lowest BCUT2D eigenvalue weighted by molar-refractivity contribution is 0.0928. The van der Waals surface area contributed by atoms with E-state index in [0.717, 1.165) is 38.7 Å². The summed E-state index contributed by atoms with van der Waals surface area (Å²) in [6.07, 6.45) is 4.40. The molecule has 0 aliphatic heterocycles. The van der Waals surface area contributed by atoms with Crippen molar-refractivity contribution in [3.05, 3.63) is 82.3 Å². The maximum atomic E-state index is 12.5. The Bertz CT molecular complexity index is 1080. The molecule has 0 aliphatic carbocycles. The first kappa shape index (κ1) is 17.5. The second kappa shape index (κ2) is 7.40. The van der Waals surface area contributed by atoms with Gasteiger partial charge < -0.3 is 9.73 Å². The molecule has 2 aromatic carbocycles. The zero-order valence-electron chi connectivity index (χ0n) is 14.8. The van der Waals surface area contributed by atoms with Crippen molar-refractivity contribution < 1.29 is 9.21 Å². The van der Waals surface area contributed by atoms with E-state index >= 15 is 0 Å². The van der Waals surface area contributed by atoms with Gasteiger partial charge in [-0.1, -0.05) is 28.1 Å². The molecule has 0 unspecified atom stereocenters. The average Bonchev–Trinajstić information content (AvgIpc) is 3.31. The molecule has 0 atom stereocenters. The number of benzene rings is 2. The number of aromatic nitrogens is 2. The Morgan fingerprint density at radius 2 is 2.04 bits per heavy atom. The fraction of sp³-hybridized carbons (Fsp3) is 0.143. The van der Waals surface area contributed by atoms with Gasteiger partial charge in [0.2, 0.25) is 0 Å². The summed E-state index contributed by atoms with van der Waals surface area (Å²) in [5.41, 5.74) is 3.73. The summed E-state index contributed by atoms with van der Waals surface area (Å²) in [7, 11) is 0. The summed E-state index contributed by atoms with van der Waals surface area (Å²) < 4.78 is 8.51. The van der Waals surface area contributed by atoms with Crippen molar-refractivity contribution in [1.82, 2.24) is 15.1 Å². The third-order valence-corrected chi connectivity index (χ3v) is 5.00. The van der Waals surface area contributed by atoms with Crippen molar-refractivity contribution in [1.29, 1.82) is 0 Å². The summed E-state index contributed by atoms with van der Waals surface area (Å²) in [4.78, 5) is 12.5. The van der Waals surface area contributed by atoms with E-state index in [4.69, 9.17) is 4.42 Å². The number of nitrogens with one attached hydrogen (secondary N) is 1. The van der Waals surface area contributed by atoms with Crippen LogP contribution in [0.2, 0.25) is 0 Å². The van der Waals surface area contributed by atoms with Gasteiger partial charge in [0.25, 0.3) is 5.91 Å². The number of hydrogen-bond donors (Lipinski definition) is 1. The van der Waals surface area contributed by atoms with Gasteiger partial charge in [0, 0.05) is 34.4 Å². The molecular weight excluding hydrogens is 406 g/mol. The number of halogens is 1. The van der Waals surface area contributed by atoms with Crippen LogP contribution in [0.4, 0.5) is 0 Å². The van der Waals surface area contributed by atoms with Gasteiger partial charge >= 0.3 is 0 Å². The number of fused-ring (bicyclic) bond motifs is 1. The normalized spacial score (nSPS) is 11.0. The minimum Gasteiger partial charge on any atom is -0.451 e. The topological polar surface area (TPSA) is 60.1 Å². The lowest BCUT2D eigenvalue weighted by atomic mass is 10.1. The van der Waals surface area contributed by atoms with Gasteiger partial charge in [-0.25, -0.2) is 4.68 Å². The number of rotatable bonds is 5. The predicted octanol–water partition coefficient (Wildman–Crippen LogP) is 4.66. The minimum absolute atomic E-state index is 0.187. The molecule has 0 saturated heterocycles. The molecule has 4 aromatic rings. The summed E-state index contributed by atoms with van der Waals surface area (Å²) in [5.74, 6) is 0.185. The van der Waals surface area contributed by atoms with Crippen LogP contribution in [0, 0.1) is 6.92 Å². The monoisotopic (exact) mass is 423 g/mol. The molecule has 5 nitrogen and oxygen atoms in total. The number of nitrogens with zero attached hydrogens (tertiary/aromatic N) is 2. The molecule has 4 rings (SSSR count). The van der Waals surface area contributed by atoms with Crippen molar-refractivity contribution in [2.45, 2.75) is 13.3 Å². The maximum absolute atomic E-state index is 12.5. The summed E-state index contributed by atoms with van der Waals surface area (Å²) in [5, 5.41) is 8.10. The quantitative estimate of drug-likeness (QED) is 0.507. The van der Waals surface area contributed by atoms with Gasteiger partial charge in [-0.2, -0.15) is 5.10 Å². The molecule has 0 spiro atoms. The first-order chi connectivity index (χ1) is 13.1. The lowest BCUT2D eigenvalue weighted by Crippen LogP contribution is -2.25. The van der Waals surface area contributed by atoms with Crippen LogP contribution in [-0.4, -0.2) is 22.2 Å². The highest BCUT2D eigenvalue weighted by Gasteiger charge is 2.17. The van der Waals surface area contributed by atoms with Crippen LogP contribution in [0.25, 0.3) is 16.7 Å². The molecule has 136 valence electrons. The number of hydrogen-bond acceptors (Lipinski definition) is 3. The molecule has 0 saturated carbocycles.